The van der Waals surface area contributed by atoms with E-state index in [-0.39, 0.29) is 5.92 Å². The maximum Gasteiger partial charge on any atom is 0.127 e. The first kappa shape index (κ1) is 11.4. The lowest BCUT2D eigenvalue weighted by Gasteiger charge is -2.14. The Balaban J connectivity index is 2.22. The summed E-state index contributed by atoms with van der Waals surface area (Å²) in [6, 6.07) is 6.61. The first-order valence-corrected chi connectivity index (χ1v) is 6.27. The standard InChI is InChI=1S/C15H20O/c1-11(2)8-15(10-16)14-7-6-12-4-3-5-13(12)9-14/h6-7,9-11,15H,3-5,8H2,1-2H3. The molecule has 0 saturated carbocycles. The van der Waals surface area contributed by atoms with Gasteiger partial charge in [-0.2, -0.15) is 0 Å². The molecule has 0 amide bonds. The monoisotopic (exact) mass is 216 g/mol. The van der Waals surface area contributed by atoms with Crippen LogP contribution in [0.2, 0.25) is 0 Å². The van der Waals surface area contributed by atoms with E-state index in [1.165, 1.54) is 36.0 Å². The van der Waals surface area contributed by atoms with E-state index in [2.05, 4.69) is 32.0 Å². The van der Waals surface area contributed by atoms with Crippen molar-refractivity contribution in [1.82, 2.24) is 0 Å². The molecule has 2 rings (SSSR count). The van der Waals surface area contributed by atoms with Gasteiger partial charge in [-0.15, -0.1) is 0 Å². The number of rotatable bonds is 4. The molecule has 0 bridgehead atoms. The number of fused-ring (bicyclic) bond motifs is 1. The van der Waals surface area contributed by atoms with Crippen molar-refractivity contribution < 1.29 is 4.79 Å². The smallest absolute Gasteiger partial charge is 0.127 e. The number of hydrogen-bond acceptors (Lipinski definition) is 1. The summed E-state index contributed by atoms with van der Waals surface area (Å²) in [5.41, 5.74) is 4.16. The van der Waals surface area contributed by atoms with E-state index >= 15 is 0 Å². The summed E-state index contributed by atoms with van der Waals surface area (Å²) in [4.78, 5) is 11.1. The average Bonchev–Trinajstić information content (AvgIpc) is 2.72. The van der Waals surface area contributed by atoms with Crippen molar-refractivity contribution in [3.8, 4) is 0 Å². The van der Waals surface area contributed by atoms with Gasteiger partial charge in [0.15, 0.2) is 0 Å². The van der Waals surface area contributed by atoms with E-state index in [0.717, 1.165) is 12.7 Å². The van der Waals surface area contributed by atoms with Crippen LogP contribution in [0.1, 0.15) is 49.3 Å². The van der Waals surface area contributed by atoms with Crippen molar-refractivity contribution >= 4 is 6.29 Å². The number of hydrogen-bond donors (Lipinski definition) is 0. The molecule has 0 fully saturated rings. The third-order valence-electron chi connectivity index (χ3n) is 3.44. The highest BCUT2D eigenvalue weighted by atomic mass is 16.1. The molecule has 1 aromatic rings. The van der Waals surface area contributed by atoms with Crippen LogP contribution in [-0.2, 0) is 17.6 Å². The second-order valence-corrected chi connectivity index (χ2v) is 5.25. The summed E-state index contributed by atoms with van der Waals surface area (Å²) in [5.74, 6) is 0.661. The van der Waals surface area contributed by atoms with E-state index in [1.54, 1.807) is 0 Å². The number of benzene rings is 1. The Labute approximate surface area is 97.9 Å². The van der Waals surface area contributed by atoms with Crippen molar-refractivity contribution in [1.29, 1.82) is 0 Å². The van der Waals surface area contributed by atoms with Gasteiger partial charge in [0.1, 0.15) is 6.29 Å². The van der Waals surface area contributed by atoms with Crippen LogP contribution >= 0.6 is 0 Å². The summed E-state index contributed by atoms with van der Waals surface area (Å²) >= 11 is 0. The predicted octanol–water partition coefficient (Wildman–Crippen LogP) is 3.50. The Kier molecular flexibility index (Phi) is 3.42. The van der Waals surface area contributed by atoms with E-state index in [0.29, 0.717) is 5.92 Å². The van der Waals surface area contributed by atoms with E-state index in [1.807, 2.05) is 0 Å². The maximum absolute atomic E-state index is 11.1. The van der Waals surface area contributed by atoms with Crippen LogP contribution in [0.15, 0.2) is 18.2 Å². The minimum absolute atomic E-state index is 0.0888. The lowest BCUT2D eigenvalue weighted by atomic mass is 9.90. The molecule has 0 saturated heterocycles. The number of aryl methyl sites for hydroxylation is 2. The lowest BCUT2D eigenvalue weighted by molar-refractivity contribution is -0.109. The van der Waals surface area contributed by atoms with Crippen molar-refractivity contribution in [3.05, 3.63) is 34.9 Å². The first-order valence-electron chi connectivity index (χ1n) is 6.27. The van der Waals surface area contributed by atoms with Gasteiger partial charge in [0.25, 0.3) is 0 Å². The highest BCUT2D eigenvalue weighted by Crippen LogP contribution is 2.28. The zero-order chi connectivity index (χ0) is 11.5. The summed E-state index contributed by atoms with van der Waals surface area (Å²) < 4.78 is 0. The molecular formula is C15H20O. The third kappa shape index (κ3) is 2.34. The third-order valence-corrected chi connectivity index (χ3v) is 3.44. The van der Waals surface area contributed by atoms with Crippen molar-refractivity contribution in [2.75, 3.05) is 0 Å². The molecule has 0 aliphatic heterocycles. The second-order valence-electron chi connectivity index (χ2n) is 5.25. The average molecular weight is 216 g/mol. The van der Waals surface area contributed by atoms with E-state index < -0.39 is 0 Å². The molecule has 0 N–H and O–H groups in total. The molecular weight excluding hydrogens is 196 g/mol. The first-order chi connectivity index (χ1) is 7.70. The number of carbonyl (C=O) groups is 1. The SMILES string of the molecule is CC(C)CC(C=O)c1ccc2c(c1)CCC2. The van der Waals surface area contributed by atoms with Crippen molar-refractivity contribution in [2.24, 2.45) is 5.92 Å². The molecule has 0 aromatic heterocycles. The van der Waals surface area contributed by atoms with E-state index in [9.17, 15) is 4.79 Å². The molecule has 1 aliphatic rings. The van der Waals surface area contributed by atoms with E-state index in [4.69, 9.17) is 0 Å². The fourth-order valence-electron chi connectivity index (χ4n) is 2.60. The molecule has 1 nitrogen and oxygen atoms in total. The van der Waals surface area contributed by atoms with Gasteiger partial charge < -0.3 is 4.79 Å². The summed E-state index contributed by atoms with van der Waals surface area (Å²) in [6.45, 7) is 4.34. The van der Waals surface area contributed by atoms with Crippen LogP contribution < -0.4 is 0 Å². The van der Waals surface area contributed by atoms with Gasteiger partial charge in [-0.3, -0.25) is 0 Å². The van der Waals surface area contributed by atoms with Crippen LogP contribution in [0.25, 0.3) is 0 Å². The quantitative estimate of drug-likeness (QED) is 0.704. The van der Waals surface area contributed by atoms with Crippen LogP contribution in [0.3, 0.4) is 0 Å². The molecule has 1 aliphatic carbocycles. The fourth-order valence-corrected chi connectivity index (χ4v) is 2.60. The minimum atomic E-state index is 0.0888. The Morgan fingerprint density at radius 2 is 2.00 bits per heavy atom. The molecule has 1 atom stereocenters. The lowest BCUT2D eigenvalue weighted by Crippen LogP contribution is -2.05. The second kappa shape index (κ2) is 4.82. The van der Waals surface area contributed by atoms with Gasteiger partial charge in [0, 0.05) is 5.92 Å². The highest BCUT2D eigenvalue weighted by Gasteiger charge is 2.16. The molecule has 16 heavy (non-hydrogen) atoms. The van der Waals surface area contributed by atoms with Gasteiger partial charge in [-0.1, -0.05) is 32.0 Å². The van der Waals surface area contributed by atoms with Crippen molar-refractivity contribution in [2.45, 2.75) is 45.4 Å². The molecule has 1 aromatic carbocycles. The molecule has 1 heteroatoms. The molecule has 86 valence electrons. The molecule has 0 heterocycles. The Bertz CT molecular complexity index is 379. The zero-order valence-corrected chi connectivity index (χ0v) is 10.2. The summed E-state index contributed by atoms with van der Waals surface area (Å²) in [6.07, 6.45) is 5.75. The zero-order valence-electron chi connectivity index (χ0n) is 10.2. The van der Waals surface area contributed by atoms with Gasteiger partial charge in [0.05, 0.1) is 0 Å². The normalized spacial score (nSPS) is 16.2. The predicted molar refractivity (Wildman–Crippen MR) is 66.7 cm³/mol. The molecule has 0 radical (unpaired) electrons. The topological polar surface area (TPSA) is 17.1 Å². The minimum Gasteiger partial charge on any atom is -0.303 e. The Morgan fingerprint density at radius 1 is 1.25 bits per heavy atom. The van der Waals surface area contributed by atoms with Crippen LogP contribution in [0.4, 0.5) is 0 Å². The number of aldehydes is 1. The van der Waals surface area contributed by atoms with Crippen LogP contribution in [0.5, 0.6) is 0 Å². The van der Waals surface area contributed by atoms with Crippen molar-refractivity contribution in [3.63, 3.8) is 0 Å². The van der Waals surface area contributed by atoms with Gasteiger partial charge in [-0.25, -0.2) is 0 Å². The van der Waals surface area contributed by atoms with Gasteiger partial charge in [0.2, 0.25) is 0 Å². The summed E-state index contributed by atoms with van der Waals surface area (Å²) in [5, 5.41) is 0. The Hall–Kier alpha value is -1.11. The largest absolute Gasteiger partial charge is 0.303 e. The highest BCUT2D eigenvalue weighted by molar-refractivity contribution is 5.62. The Morgan fingerprint density at radius 3 is 2.69 bits per heavy atom. The van der Waals surface area contributed by atoms with Gasteiger partial charge >= 0.3 is 0 Å². The van der Waals surface area contributed by atoms with Crippen LogP contribution in [0, 0.1) is 5.92 Å². The van der Waals surface area contributed by atoms with Gasteiger partial charge in [-0.05, 0) is 48.3 Å². The van der Waals surface area contributed by atoms with Crippen LogP contribution in [-0.4, -0.2) is 6.29 Å². The molecule has 0 spiro atoms. The molecule has 1 unspecified atom stereocenters. The summed E-state index contributed by atoms with van der Waals surface area (Å²) in [7, 11) is 0. The fraction of sp³-hybridized carbons (Fsp3) is 0.533. The maximum atomic E-state index is 11.1. The number of carbonyl (C=O) groups excluding carboxylic acids is 1.